The molecule has 0 atom stereocenters. The Balaban J connectivity index is 1.96. The number of anilines is 1. The van der Waals surface area contributed by atoms with E-state index in [4.69, 9.17) is 0 Å². The maximum Gasteiger partial charge on any atom is 0.0445 e. The largest absolute Gasteiger partial charge is 0.371 e. The molecule has 2 aromatic rings. The third kappa shape index (κ3) is 4.47. The summed E-state index contributed by atoms with van der Waals surface area (Å²) in [5, 5.41) is 6.18. The second kappa shape index (κ2) is 8.68. The minimum atomic E-state index is 1.07. The van der Waals surface area contributed by atoms with Crippen LogP contribution in [0.5, 0.6) is 0 Å². The first-order valence-electron chi connectivity index (χ1n) is 8.30. The van der Waals surface area contributed by atoms with Gasteiger partial charge in [0, 0.05) is 24.2 Å². The van der Waals surface area contributed by atoms with Gasteiger partial charge in [0.1, 0.15) is 0 Å². The van der Waals surface area contributed by atoms with Crippen LogP contribution in [0.15, 0.2) is 42.5 Å². The van der Waals surface area contributed by atoms with Gasteiger partial charge in [-0.3, -0.25) is 0 Å². The van der Waals surface area contributed by atoms with Crippen molar-refractivity contribution in [3.8, 4) is 0 Å². The van der Waals surface area contributed by atoms with E-state index in [2.05, 4.69) is 66.5 Å². The van der Waals surface area contributed by atoms with E-state index in [1.807, 2.05) is 0 Å². The molecule has 0 radical (unpaired) electrons. The van der Waals surface area contributed by atoms with Gasteiger partial charge in [-0.05, 0) is 50.7 Å². The molecule has 0 fully saturated rings. The van der Waals surface area contributed by atoms with E-state index < -0.39 is 0 Å². The highest BCUT2D eigenvalue weighted by Crippen LogP contribution is 2.26. The van der Waals surface area contributed by atoms with Gasteiger partial charge in [0.2, 0.25) is 0 Å². The maximum atomic E-state index is 3.48. The van der Waals surface area contributed by atoms with Gasteiger partial charge in [-0.15, -0.1) is 0 Å². The SMILES string of the molecule is CCCNCCCCN(CC)c1cccc2ccccc12. The average Bonchev–Trinajstić information content (AvgIpc) is 2.54. The molecule has 114 valence electrons. The third-order valence-corrected chi connectivity index (χ3v) is 3.95. The lowest BCUT2D eigenvalue weighted by Crippen LogP contribution is -2.25. The number of unbranched alkanes of at least 4 members (excludes halogenated alkanes) is 1. The number of hydrogen-bond donors (Lipinski definition) is 1. The van der Waals surface area contributed by atoms with Crippen LogP contribution in [0.1, 0.15) is 33.1 Å². The fourth-order valence-corrected chi connectivity index (χ4v) is 2.79. The van der Waals surface area contributed by atoms with Crippen LogP contribution in [0, 0.1) is 0 Å². The molecule has 0 spiro atoms. The van der Waals surface area contributed by atoms with E-state index in [0.29, 0.717) is 0 Å². The summed E-state index contributed by atoms with van der Waals surface area (Å²) in [6.45, 7) is 8.94. The lowest BCUT2D eigenvalue weighted by molar-refractivity contribution is 0.610. The van der Waals surface area contributed by atoms with Gasteiger partial charge in [0.15, 0.2) is 0 Å². The van der Waals surface area contributed by atoms with E-state index in [1.54, 1.807) is 0 Å². The van der Waals surface area contributed by atoms with Gasteiger partial charge in [0.05, 0.1) is 0 Å². The first-order chi connectivity index (χ1) is 10.4. The average molecular weight is 284 g/mol. The number of hydrogen-bond acceptors (Lipinski definition) is 2. The monoisotopic (exact) mass is 284 g/mol. The molecule has 2 aromatic carbocycles. The zero-order chi connectivity index (χ0) is 14.9. The van der Waals surface area contributed by atoms with Gasteiger partial charge < -0.3 is 10.2 Å². The lowest BCUT2D eigenvalue weighted by atomic mass is 10.1. The molecule has 2 rings (SSSR count). The number of nitrogens with one attached hydrogen (secondary N) is 1. The molecule has 0 unspecified atom stereocenters. The van der Waals surface area contributed by atoms with Crippen molar-refractivity contribution in [2.45, 2.75) is 33.1 Å². The third-order valence-electron chi connectivity index (χ3n) is 3.95. The Kier molecular flexibility index (Phi) is 6.55. The van der Waals surface area contributed by atoms with E-state index in [0.717, 1.165) is 26.2 Å². The first kappa shape index (κ1) is 15.8. The van der Waals surface area contributed by atoms with Crippen LogP contribution in [0.3, 0.4) is 0 Å². The summed E-state index contributed by atoms with van der Waals surface area (Å²) in [6.07, 6.45) is 3.71. The Bertz CT molecular complexity index is 531. The smallest absolute Gasteiger partial charge is 0.0445 e. The van der Waals surface area contributed by atoms with E-state index >= 15 is 0 Å². The second-order valence-corrected chi connectivity index (χ2v) is 5.54. The van der Waals surface area contributed by atoms with Crippen molar-refractivity contribution in [2.24, 2.45) is 0 Å². The van der Waals surface area contributed by atoms with Crippen LogP contribution in [0.2, 0.25) is 0 Å². The topological polar surface area (TPSA) is 15.3 Å². The van der Waals surface area contributed by atoms with Gasteiger partial charge in [-0.2, -0.15) is 0 Å². The highest BCUT2D eigenvalue weighted by molar-refractivity contribution is 5.94. The predicted octanol–water partition coefficient (Wildman–Crippen LogP) is 4.45. The van der Waals surface area contributed by atoms with Crippen molar-refractivity contribution in [2.75, 3.05) is 31.1 Å². The molecule has 1 N–H and O–H groups in total. The van der Waals surface area contributed by atoms with Crippen LogP contribution < -0.4 is 10.2 Å². The van der Waals surface area contributed by atoms with Gasteiger partial charge >= 0.3 is 0 Å². The molecule has 0 aliphatic heterocycles. The normalized spacial score (nSPS) is 11.0. The van der Waals surface area contributed by atoms with Gasteiger partial charge in [-0.1, -0.05) is 43.3 Å². The molecule has 2 heteroatoms. The molecule has 0 heterocycles. The van der Waals surface area contributed by atoms with Crippen LogP contribution >= 0.6 is 0 Å². The summed E-state index contributed by atoms with van der Waals surface area (Å²) in [7, 11) is 0. The highest BCUT2D eigenvalue weighted by atomic mass is 15.1. The summed E-state index contributed by atoms with van der Waals surface area (Å²) in [5.41, 5.74) is 1.37. The molecular formula is C19H28N2. The Morgan fingerprint density at radius 1 is 0.905 bits per heavy atom. The predicted molar refractivity (Wildman–Crippen MR) is 94.2 cm³/mol. The summed E-state index contributed by atoms with van der Waals surface area (Å²) in [4.78, 5) is 2.50. The van der Waals surface area contributed by atoms with Crippen LogP contribution in [0.25, 0.3) is 10.8 Å². The van der Waals surface area contributed by atoms with Crippen molar-refractivity contribution < 1.29 is 0 Å². The summed E-state index contributed by atoms with van der Waals surface area (Å²) in [6, 6.07) is 15.3. The fourth-order valence-electron chi connectivity index (χ4n) is 2.79. The molecule has 0 saturated heterocycles. The maximum absolute atomic E-state index is 3.48. The second-order valence-electron chi connectivity index (χ2n) is 5.54. The molecule has 0 aromatic heterocycles. The molecule has 0 saturated carbocycles. The highest BCUT2D eigenvalue weighted by Gasteiger charge is 2.07. The van der Waals surface area contributed by atoms with Crippen LogP contribution in [-0.4, -0.2) is 26.2 Å². The molecule has 0 amide bonds. The first-order valence-corrected chi connectivity index (χ1v) is 8.30. The summed E-state index contributed by atoms with van der Waals surface area (Å²) in [5.74, 6) is 0. The van der Waals surface area contributed by atoms with Gasteiger partial charge in [0.25, 0.3) is 0 Å². The Morgan fingerprint density at radius 2 is 1.71 bits per heavy atom. The zero-order valence-electron chi connectivity index (χ0n) is 13.4. The van der Waals surface area contributed by atoms with Gasteiger partial charge in [-0.25, -0.2) is 0 Å². The van der Waals surface area contributed by atoms with E-state index in [1.165, 1.54) is 35.7 Å². The Hall–Kier alpha value is -1.54. The van der Waals surface area contributed by atoms with E-state index in [-0.39, 0.29) is 0 Å². The molecule has 2 nitrogen and oxygen atoms in total. The number of rotatable bonds is 9. The minimum Gasteiger partial charge on any atom is -0.371 e. The lowest BCUT2D eigenvalue weighted by Gasteiger charge is -2.24. The number of fused-ring (bicyclic) bond motifs is 1. The molecule has 21 heavy (non-hydrogen) atoms. The van der Waals surface area contributed by atoms with Crippen molar-refractivity contribution in [3.05, 3.63) is 42.5 Å². The van der Waals surface area contributed by atoms with Crippen molar-refractivity contribution in [1.82, 2.24) is 5.32 Å². The van der Waals surface area contributed by atoms with E-state index in [9.17, 15) is 0 Å². The molecule has 0 aliphatic carbocycles. The summed E-state index contributed by atoms with van der Waals surface area (Å²) >= 11 is 0. The summed E-state index contributed by atoms with van der Waals surface area (Å²) < 4.78 is 0. The Labute approximate surface area is 129 Å². The van der Waals surface area contributed by atoms with Crippen LogP contribution in [-0.2, 0) is 0 Å². The van der Waals surface area contributed by atoms with Crippen molar-refractivity contribution in [1.29, 1.82) is 0 Å². The van der Waals surface area contributed by atoms with Crippen molar-refractivity contribution >= 4 is 16.5 Å². The number of benzene rings is 2. The van der Waals surface area contributed by atoms with Crippen LogP contribution in [0.4, 0.5) is 5.69 Å². The molecular weight excluding hydrogens is 256 g/mol. The molecule has 0 aliphatic rings. The minimum absolute atomic E-state index is 1.07. The standard InChI is InChI=1S/C19H28N2/c1-3-14-20-15-7-8-16-21(4-2)19-13-9-11-17-10-5-6-12-18(17)19/h5-6,9-13,20H,3-4,7-8,14-16H2,1-2H3. The fraction of sp³-hybridized carbons (Fsp3) is 0.474. The molecule has 0 bridgehead atoms. The Morgan fingerprint density at radius 3 is 2.52 bits per heavy atom. The zero-order valence-corrected chi connectivity index (χ0v) is 13.4. The van der Waals surface area contributed by atoms with Crippen molar-refractivity contribution in [3.63, 3.8) is 0 Å². The number of nitrogens with zero attached hydrogens (tertiary/aromatic N) is 1. The quantitative estimate of drug-likeness (QED) is 0.685.